The molecule has 0 unspecified atom stereocenters. The molecule has 3 N–H and O–H groups in total. The molecule has 2 fully saturated rings. The molecule has 1 amide bonds. The molecule has 12 heteroatoms. The Morgan fingerprint density at radius 2 is 1.85 bits per heavy atom. The standard InChI is InChI=1S/C21H32ClN5O6/c1-11-16(26(12-8-6-7-9-12)20(31)33-21(2,3)4)24-19(22)25-17(11)27(23-5)18-15(30)14(29)13(10-28)32-18/h12-15,18,28-30H,5-10H2,1-4H3/t13-,14-,15-,18-/m1/s1. The van der Waals surface area contributed by atoms with Crippen molar-refractivity contribution in [3.05, 3.63) is 10.8 Å². The number of aliphatic hydroxyl groups excluding tert-OH is 3. The average Bonchev–Trinajstić information content (AvgIpc) is 3.34. The number of ether oxygens (including phenoxy) is 2. The quantitative estimate of drug-likeness (QED) is 0.313. The van der Waals surface area contributed by atoms with E-state index in [9.17, 15) is 20.1 Å². The molecule has 184 valence electrons. The molecule has 0 spiro atoms. The van der Waals surface area contributed by atoms with Crippen LogP contribution in [-0.2, 0) is 9.47 Å². The summed E-state index contributed by atoms with van der Waals surface area (Å²) in [6.07, 6.45) is -1.98. The maximum atomic E-state index is 13.2. The maximum Gasteiger partial charge on any atom is 0.416 e. The highest BCUT2D eigenvalue weighted by Crippen LogP contribution is 2.36. The predicted molar refractivity (Wildman–Crippen MR) is 123 cm³/mol. The number of nitrogens with zero attached hydrogens (tertiary/aromatic N) is 5. The van der Waals surface area contributed by atoms with Crippen LogP contribution < -0.4 is 9.91 Å². The number of anilines is 2. The second-order valence-corrected chi connectivity index (χ2v) is 9.61. The fourth-order valence-electron chi connectivity index (χ4n) is 4.16. The van der Waals surface area contributed by atoms with E-state index in [2.05, 4.69) is 21.8 Å². The Hall–Kier alpha value is -2.05. The monoisotopic (exact) mass is 485 g/mol. The minimum absolute atomic E-state index is 0.128. The molecule has 3 rings (SSSR count). The van der Waals surface area contributed by atoms with Gasteiger partial charge in [-0.2, -0.15) is 15.1 Å². The van der Waals surface area contributed by atoms with E-state index in [1.807, 2.05) is 0 Å². The van der Waals surface area contributed by atoms with Gasteiger partial charge in [0, 0.05) is 18.3 Å². The highest BCUT2D eigenvalue weighted by atomic mass is 35.5. The van der Waals surface area contributed by atoms with Gasteiger partial charge in [-0.05, 0) is 52.1 Å². The summed E-state index contributed by atoms with van der Waals surface area (Å²) < 4.78 is 11.2. The summed E-state index contributed by atoms with van der Waals surface area (Å²) in [5.41, 5.74) is -0.282. The molecule has 11 nitrogen and oxygen atoms in total. The molecule has 2 heterocycles. The largest absolute Gasteiger partial charge is 0.443 e. The molecule has 0 radical (unpaired) electrons. The van der Waals surface area contributed by atoms with E-state index in [1.54, 1.807) is 27.7 Å². The van der Waals surface area contributed by atoms with Gasteiger partial charge in [-0.25, -0.2) is 9.80 Å². The first-order valence-corrected chi connectivity index (χ1v) is 11.3. The van der Waals surface area contributed by atoms with Crippen LogP contribution in [-0.4, -0.2) is 80.9 Å². The normalized spacial score (nSPS) is 25.8. The summed E-state index contributed by atoms with van der Waals surface area (Å²) in [5, 5.41) is 35.0. The number of carbonyl (C=O) groups excluding carboxylic acids is 1. The summed E-state index contributed by atoms with van der Waals surface area (Å²) in [6.45, 7) is 10.1. The van der Waals surface area contributed by atoms with E-state index < -0.39 is 42.8 Å². The fourth-order valence-corrected chi connectivity index (χ4v) is 4.32. The topological polar surface area (TPSA) is 141 Å². The molecular weight excluding hydrogens is 454 g/mol. The van der Waals surface area contributed by atoms with Crippen molar-refractivity contribution in [2.45, 2.75) is 89.6 Å². The van der Waals surface area contributed by atoms with Crippen LogP contribution in [0.1, 0.15) is 52.0 Å². The number of hydrogen-bond donors (Lipinski definition) is 3. The summed E-state index contributed by atoms with van der Waals surface area (Å²) in [6, 6.07) is -0.128. The van der Waals surface area contributed by atoms with Crippen molar-refractivity contribution in [1.82, 2.24) is 9.97 Å². The van der Waals surface area contributed by atoms with E-state index in [4.69, 9.17) is 21.1 Å². The third-order valence-corrected chi connectivity index (χ3v) is 5.87. The maximum absolute atomic E-state index is 13.2. The van der Waals surface area contributed by atoms with Crippen molar-refractivity contribution in [2.24, 2.45) is 5.10 Å². The molecule has 1 saturated carbocycles. The summed E-state index contributed by atoms with van der Waals surface area (Å²) in [5.74, 6) is 0.396. The Labute approximate surface area is 198 Å². The summed E-state index contributed by atoms with van der Waals surface area (Å²) in [4.78, 5) is 23.3. The molecule has 1 aromatic heterocycles. The predicted octanol–water partition coefficient (Wildman–Crippen LogP) is 1.98. The molecule has 2 aliphatic rings. The van der Waals surface area contributed by atoms with Gasteiger partial charge in [-0.1, -0.05) is 12.8 Å². The van der Waals surface area contributed by atoms with E-state index in [0.29, 0.717) is 5.56 Å². The van der Waals surface area contributed by atoms with Gasteiger partial charge in [0.05, 0.1) is 6.61 Å². The van der Waals surface area contributed by atoms with E-state index in [-0.39, 0.29) is 23.0 Å². The molecule has 1 aliphatic carbocycles. The number of rotatable bonds is 6. The number of aromatic nitrogens is 2. The van der Waals surface area contributed by atoms with Crippen LogP contribution in [0.2, 0.25) is 5.28 Å². The smallest absolute Gasteiger partial charge is 0.416 e. The molecule has 33 heavy (non-hydrogen) atoms. The van der Waals surface area contributed by atoms with Crippen LogP contribution in [0.3, 0.4) is 0 Å². The van der Waals surface area contributed by atoms with Crippen molar-refractivity contribution >= 4 is 36.0 Å². The second kappa shape index (κ2) is 10.1. The van der Waals surface area contributed by atoms with Crippen LogP contribution in [0.15, 0.2) is 5.10 Å². The SMILES string of the molecule is C=NN(c1nc(Cl)nc(N(C(=O)OC(C)(C)C)C2CCCC2)c1C)[C@@H]1O[C@H](CO)[C@@H](O)[C@H]1O. The van der Waals surface area contributed by atoms with Crippen molar-refractivity contribution in [3.63, 3.8) is 0 Å². The lowest BCUT2D eigenvalue weighted by atomic mass is 10.1. The lowest BCUT2D eigenvalue weighted by Crippen LogP contribution is -2.44. The van der Waals surface area contributed by atoms with Crippen molar-refractivity contribution in [3.8, 4) is 0 Å². The molecule has 0 bridgehead atoms. The van der Waals surface area contributed by atoms with Gasteiger partial charge in [0.1, 0.15) is 29.7 Å². The van der Waals surface area contributed by atoms with Crippen LogP contribution in [0.5, 0.6) is 0 Å². The van der Waals surface area contributed by atoms with Crippen LogP contribution >= 0.6 is 11.6 Å². The minimum Gasteiger partial charge on any atom is -0.443 e. The van der Waals surface area contributed by atoms with Crippen molar-refractivity contribution in [1.29, 1.82) is 0 Å². The third-order valence-electron chi connectivity index (χ3n) is 5.70. The lowest BCUT2D eigenvalue weighted by molar-refractivity contribution is -0.0225. The van der Waals surface area contributed by atoms with Gasteiger partial charge in [-0.3, -0.25) is 4.90 Å². The zero-order valence-electron chi connectivity index (χ0n) is 19.3. The Balaban J connectivity index is 2.05. The zero-order valence-corrected chi connectivity index (χ0v) is 20.1. The lowest BCUT2D eigenvalue weighted by Gasteiger charge is -2.33. The Bertz CT molecular complexity index is 875. The van der Waals surface area contributed by atoms with Gasteiger partial charge >= 0.3 is 6.09 Å². The highest BCUT2D eigenvalue weighted by Gasteiger charge is 2.46. The van der Waals surface area contributed by atoms with Gasteiger partial charge in [0.25, 0.3) is 0 Å². The molecule has 4 atom stereocenters. The van der Waals surface area contributed by atoms with E-state index in [1.165, 1.54) is 4.90 Å². The van der Waals surface area contributed by atoms with Crippen LogP contribution in [0.25, 0.3) is 0 Å². The number of aliphatic hydroxyl groups is 3. The number of halogens is 1. The number of hydrogen-bond acceptors (Lipinski definition) is 10. The van der Waals surface area contributed by atoms with Gasteiger partial charge in [0.2, 0.25) is 5.28 Å². The van der Waals surface area contributed by atoms with E-state index in [0.717, 1.165) is 30.7 Å². The highest BCUT2D eigenvalue weighted by molar-refractivity contribution is 6.28. The number of carbonyl (C=O) groups is 1. The average molecular weight is 486 g/mol. The Morgan fingerprint density at radius 1 is 1.24 bits per heavy atom. The Kier molecular flexibility index (Phi) is 7.80. The second-order valence-electron chi connectivity index (χ2n) is 9.27. The summed E-state index contributed by atoms with van der Waals surface area (Å²) >= 11 is 6.26. The van der Waals surface area contributed by atoms with Crippen LogP contribution in [0.4, 0.5) is 16.4 Å². The molecule has 1 aromatic rings. The first kappa shape index (κ1) is 25.6. The first-order chi connectivity index (χ1) is 15.5. The van der Waals surface area contributed by atoms with E-state index >= 15 is 0 Å². The van der Waals surface area contributed by atoms with Crippen molar-refractivity contribution < 1.29 is 29.6 Å². The number of hydrazone groups is 1. The first-order valence-electron chi connectivity index (χ1n) is 10.9. The molecule has 1 saturated heterocycles. The van der Waals surface area contributed by atoms with Crippen molar-refractivity contribution in [2.75, 3.05) is 16.5 Å². The van der Waals surface area contributed by atoms with Gasteiger partial charge < -0.3 is 24.8 Å². The van der Waals surface area contributed by atoms with Crippen LogP contribution in [0, 0.1) is 6.92 Å². The molecule has 0 aromatic carbocycles. The van der Waals surface area contributed by atoms with Gasteiger partial charge in [-0.15, -0.1) is 0 Å². The number of amides is 1. The van der Waals surface area contributed by atoms with Gasteiger partial charge in [0.15, 0.2) is 12.0 Å². The third kappa shape index (κ3) is 5.38. The fraction of sp³-hybridized carbons (Fsp3) is 0.714. The zero-order chi connectivity index (χ0) is 24.5. The Morgan fingerprint density at radius 3 is 2.36 bits per heavy atom. The minimum atomic E-state index is -1.40. The molecular formula is C21H32ClN5O6. The summed E-state index contributed by atoms with van der Waals surface area (Å²) in [7, 11) is 0. The molecule has 1 aliphatic heterocycles.